The molecule has 0 amide bonds. The fourth-order valence-electron chi connectivity index (χ4n) is 2.80. The lowest BCUT2D eigenvalue weighted by atomic mass is 10.1. The van der Waals surface area contributed by atoms with Crippen molar-refractivity contribution in [3.63, 3.8) is 0 Å². The number of hydrogen-bond donors (Lipinski definition) is 0. The Bertz CT molecular complexity index is 784. The Morgan fingerprint density at radius 2 is 2.00 bits per heavy atom. The van der Waals surface area contributed by atoms with Crippen LogP contribution in [0.5, 0.6) is 0 Å². The lowest BCUT2D eigenvalue weighted by molar-refractivity contribution is 0.338. The number of sulfonamides is 1. The predicted octanol–water partition coefficient (Wildman–Crippen LogP) is 3.98. The van der Waals surface area contributed by atoms with Crippen molar-refractivity contribution in [2.24, 2.45) is 0 Å². The van der Waals surface area contributed by atoms with Gasteiger partial charge in [-0.1, -0.05) is 30.6 Å². The summed E-state index contributed by atoms with van der Waals surface area (Å²) in [6, 6.07) is 7.85. The van der Waals surface area contributed by atoms with E-state index in [1.54, 1.807) is 12.1 Å². The van der Waals surface area contributed by atoms with E-state index in [-0.39, 0.29) is 16.9 Å². The summed E-state index contributed by atoms with van der Waals surface area (Å²) in [4.78, 5) is 0.251. The third-order valence-corrected chi connectivity index (χ3v) is 6.26. The highest BCUT2D eigenvalue weighted by molar-refractivity contribution is 7.89. The van der Waals surface area contributed by atoms with E-state index < -0.39 is 10.0 Å². The van der Waals surface area contributed by atoms with E-state index in [0.717, 1.165) is 18.6 Å². The topological polar surface area (TPSA) is 63.4 Å². The zero-order chi connectivity index (χ0) is 16.6. The smallest absolute Gasteiger partial charge is 0.243 e. The molecule has 0 bridgehead atoms. The minimum Gasteiger partial charge on any atom is -0.361 e. The summed E-state index contributed by atoms with van der Waals surface area (Å²) in [6.45, 7) is 4.52. The van der Waals surface area contributed by atoms with Crippen molar-refractivity contribution in [2.45, 2.75) is 43.5 Å². The normalized spacial score (nSPS) is 19.6. The van der Waals surface area contributed by atoms with Crippen LogP contribution in [0.2, 0.25) is 5.02 Å². The maximum Gasteiger partial charge on any atom is 0.243 e. The Balaban J connectivity index is 1.92. The molecule has 1 atom stereocenters. The number of benzene rings is 1. The average Bonchev–Trinajstić information content (AvgIpc) is 3.16. The predicted molar refractivity (Wildman–Crippen MR) is 87.9 cm³/mol. The first-order valence-corrected chi connectivity index (χ1v) is 9.45. The van der Waals surface area contributed by atoms with Gasteiger partial charge in [-0.25, -0.2) is 8.42 Å². The third-order valence-electron chi connectivity index (χ3n) is 4.08. The van der Waals surface area contributed by atoms with Crippen molar-refractivity contribution in [3.8, 4) is 0 Å². The number of halogens is 1. The van der Waals surface area contributed by atoms with Gasteiger partial charge in [-0.15, -0.1) is 0 Å². The number of nitrogens with zero attached hydrogens (tertiary/aromatic N) is 2. The minimum atomic E-state index is -3.57. The van der Waals surface area contributed by atoms with Crippen LogP contribution in [0.25, 0.3) is 0 Å². The van der Waals surface area contributed by atoms with E-state index in [4.69, 9.17) is 16.1 Å². The summed E-state index contributed by atoms with van der Waals surface area (Å²) in [5.41, 5.74) is 0.684. The van der Waals surface area contributed by atoms with Crippen molar-refractivity contribution in [1.82, 2.24) is 9.46 Å². The average molecular weight is 355 g/mol. The molecular formula is C16H19ClN2O3S. The molecule has 0 N–H and O–H groups in total. The first-order chi connectivity index (χ1) is 10.9. The van der Waals surface area contributed by atoms with Gasteiger partial charge in [0.05, 0.1) is 10.9 Å². The quantitative estimate of drug-likeness (QED) is 0.833. The molecule has 2 heterocycles. The summed E-state index contributed by atoms with van der Waals surface area (Å²) in [5, 5.41) is 4.60. The van der Waals surface area contributed by atoms with Crippen LogP contribution < -0.4 is 0 Å². The summed E-state index contributed by atoms with van der Waals surface area (Å²) < 4.78 is 32.6. The van der Waals surface area contributed by atoms with Crippen LogP contribution in [0.3, 0.4) is 0 Å². The molecule has 1 aromatic carbocycles. The van der Waals surface area contributed by atoms with Gasteiger partial charge in [0.25, 0.3) is 0 Å². The third kappa shape index (κ3) is 3.16. The minimum absolute atomic E-state index is 0.221. The molecule has 0 saturated carbocycles. The molecule has 0 spiro atoms. The first-order valence-electron chi connectivity index (χ1n) is 7.63. The molecule has 2 aromatic rings. The molecule has 1 saturated heterocycles. The molecular weight excluding hydrogens is 336 g/mol. The van der Waals surface area contributed by atoms with Crippen LogP contribution in [0.4, 0.5) is 0 Å². The molecule has 1 fully saturated rings. The van der Waals surface area contributed by atoms with Crippen molar-refractivity contribution in [3.05, 3.63) is 46.8 Å². The molecule has 1 aromatic heterocycles. The summed E-state index contributed by atoms with van der Waals surface area (Å²) in [6.07, 6.45) is 1.55. The van der Waals surface area contributed by atoms with E-state index in [1.165, 1.54) is 16.4 Å². The van der Waals surface area contributed by atoms with Gasteiger partial charge in [-0.2, -0.15) is 4.31 Å². The highest BCUT2D eigenvalue weighted by Crippen LogP contribution is 2.37. The molecule has 0 aliphatic carbocycles. The summed E-state index contributed by atoms with van der Waals surface area (Å²) in [5.74, 6) is 0.995. The van der Waals surface area contributed by atoms with E-state index in [2.05, 4.69) is 5.16 Å². The second-order valence-corrected chi connectivity index (χ2v) is 8.36. The van der Waals surface area contributed by atoms with E-state index in [9.17, 15) is 8.42 Å². The lowest BCUT2D eigenvalue weighted by Crippen LogP contribution is -2.30. The monoisotopic (exact) mass is 354 g/mol. The van der Waals surface area contributed by atoms with Gasteiger partial charge in [0.1, 0.15) is 11.5 Å². The molecule has 1 aliphatic rings. The van der Waals surface area contributed by atoms with Crippen molar-refractivity contribution in [2.75, 3.05) is 6.54 Å². The Kier molecular flexibility index (Phi) is 4.49. The molecule has 124 valence electrons. The van der Waals surface area contributed by atoms with Gasteiger partial charge in [0.15, 0.2) is 0 Å². The van der Waals surface area contributed by atoms with E-state index >= 15 is 0 Å². The maximum absolute atomic E-state index is 12.9. The SMILES string of the molecule is CC(C)c1cc([C@H]2CCCN2S(=O)(=O)c2ccc(Cl)cc2)no1. The second-order valence-electron chi connectivity index (χ2n) is 6.04. The Morgan fingerprint density at radius 1 is 1.30 bits per heavy atom. The number of aromatic nitrogens is 1. The van der Waals surface area contributed by atoms with Gasteiger partial charge < -0.3 is 4.52 Å². The highest BCUT2D eigenvalue weighted by atomic mass is 35.5. The lowest BCUT2D eigenvalue weighted by Gasteiger charge is -2.22. The van der Waals surface area contributed by atoms with Crippen LogP contribution in [0.1, 0.15) is 50.1 Å². The zero-order valence-corrected chi connectivity index (χ0v) is 14.6. The molecule has 0 radical (unpaired) electrons. The molecule has 0 unspecified atom stereocenters. The standard InChI is InChI=1S/C16H19ClN2O3S/c1-11(2)16-10-14(18-22-16)15-4-3-9-19(15)23(20,21)13-7-5-12(17)6-8-13/h5-8,10-11,15H,3-4,9H2,1-2H3/t15-/m1/s1. The maximum atomic E-state index is 12.9. The zero-order valence-electron chi connectivity index (χ0n) is 13.1. The molecule has 3 rings (SSSR count). The van der Waals surface area contributed by atoms with Crippen molar-refractivity contribution < 1.29 is 12.9 Å². The van der Waals surface area contributed by atoms with Gasteiger partial charge in [0.2, 0.25) is 10.0 Å². The first kappa shape index (κ1) is 16.5. The summed E-state index contributed by atoms with van der Waals surface area (Å²) >= 11 is 5.85. The fourth-order valence-corrected chi connectivity index (χ4v) is 4.59. The van der Waals surface area contributed by atoms with Crippen molar-refractivity contribution >= 4 is 21.6 Å². The fraction of sp³-hybridized carbons (Fsp3) is 0.438. The van der Waals surface area contributed by atoms with E-state index in [0.29, 0.717) is 17.3 Å². The van der Waals surface area contributed by atoms with E-state index in [1.807, 2.05) is 19.9 Å². The molecule has 7 heteroatoms. The Labute approximate surface area is 141 Å². The molecule has 1 aliphatic heterocycles. The van der Waals surface area contributed by atoms with Gasteiger partial charge >= 0.3 is 0 Å². The second kappa shape index (κ2) is 6.26. The molecule has 23 heavy (non-hydrogen) atoms. The van der Waals surface area contributed by atoms with Gasteiger partial charge in [-0.3, -0.25) is 0 Å². The number of rotatable bonds is 4. The van der Waals surface area contributed by atoms with Crippen LogP contribution in [0.15, 0.2) is 39.8 Å². The highest BCUT2D eigenvalue weighted by Gasteiger charge is 2.37. The number of hydrogen-bond acceptors (Lipinski definition) is 4. The van der Waals surface area contributed by atoms with Crippen LogP contribution >= 0.6 is 11.6 Å². The van der Waals surface area contributed by atoms with Crippen molar-refractivity contribution in [1.29, 1.82) is 0 Å². The van der Waals surface area contributed by atoms with Crippen LogP contribution in [0, 0.1) is 0 Å². The van der Waals surface area contributed by atoms with Crippen LogP contribution in [-0.4, -0.2) is 24.4 Å². The summed E-state index contributed by atoms with van der Waals surface area (Å²) in [7, 11) is -3.57. The Morgan fingerprint density at radius 3 is 2.61 bits per heavy atom. The van der Waals surface area contributed by atoms with Crippen LogP contribution in [-0.2, 0) is 10.0 Å². The largest absolute Gasteiger partial charge is 0.361 e. The van der Waals surface area contributed by atoms with Gasteiger partial charge in [0, 0.05) is 23.6 Å². The Hall–Kier alpha value is -1.37. The van der Waals surface area contributed by atoms with Gasteiger partial charge in [-0.05, 0) is 37.1 Å². The molecule has 5 nitrogen and oxygen atoms in total.